The molecule has 0 aliphatic rings. The fourth-order valence-electron chi connectivity index (χ4n) is 0.806. The number of ether oxygens (including phenoxy) is 2. The number of aliphatic imine (C=N–C) groups is 1. The topological polar surface area (TPSA) is 30.8 Å². The summed E-state index contributed by atoms with van der Waals surface area (Å²) >= 11 is 0. The molecule has 0 atom stereocenters. The molecule has 0 spiro atoms. The van der Waals surface area contributed by atoms with E-state index in [1.165, 1.54) is 0 Å². The lowest BCUT2D eigenvalue weighted by Crippen LogP contribution is -2.10. The van der Waals surface area contributed by atoms with E-state index in [4.69, 9.17) is 9.47 Å². The highest BCUT2D eigenvalue weighted by molar-refractivity contribution is 5.25. The van der Waals surface area contributed by atoms with Crippen LogP contribution in [0.3, 0.4) is 0 Å². The molecular formula is C10H17NO2. The second-order valence-electron chi connectivity index (χ2n) is 2.41. The van der Waals surface area contributed by atoms with Gasteiger partial charge in [0.1, 0.15) is 0 Å². The molecule has 0 aromatic carbocycles. The Morgan fingerprint density at radius 2 is 1.92 bits per heavy atom. The maximum Gasteiger partial charge on any atom is 0.160 e. The van der Waals surface area contributed by atoms with E-state index >= 15 is 0 Å². The van der Waals surface area contributed by atoms with Crippen LogP contribution in [0.15, 0.2) is 29.4 Å². The third-order valence-corrected chi connectivity index (χ3v) is 1.50. The highest BCUT2D eigenvalue weighted by atomic mass is 16.7. The highest BCUT2D eigenvalue weighted by Crippen LogP contribution is 1.99. The van der Waals surface area contributed by atoms with Gasteiger partial charge >= 0.3 is 0 Å². The second-order valence-corrected chi connectivity index (χ2v) is 2.41. The molecule has 0 aromatic rings. The lowest BCUT2D eigenvalue weighted by molar-refractivity contribution is -0.0986. The summed E-state index contributed by atoms with van der Waals surface area (Å²) in [6, 6.07) is 0. The molecular weight excluding hydrogens is 166 g/mol. The molecule has 0 aliphatic carbocycles. The molecule has 0 rings (SSSR count). The smallest absolute Gasteiger partial charge is 0.160 e. The molecule has 0 saturated carbocycles. The van der Waals surface area contributed by atoms with Gasteiger partial charge in [0.25, 0.3) is 0 Å². The summed E-state index contributed by atoms with van der Waals surface area (Å²) in [6.45, 7) is 3.33. The number of nitrogens with zero attached hydrogens (tertiary/aromatic N) is 1. The SMILES string of the molecule is C=N/C=C\C/C=C\CC(OC)OC. The van der Waals surface area contributed by atoms with Crippen molar-refractivity contribution in [1.82, 2.24) is 0 Å². The average Bonchev–Trinajstić information content (AvgIpc) is 2.17. The second kappa shape index (κ2) is 9.16. The minimum atomic E-state index is -0.141. The van der Waals surface area contributed by atoms with Gasteiger partial charge in [-0.05, 0) is 13.1 Å². The maximum absolute atomic E-state index is 5.01. The predicted molar refractivity (Wildman–Crippen MR) is 54.9 cm³/mol. The van der Waals surface area contributed by atoms with Gasteiger partial charge in [0.05, 0.1) is 0 Å². The monoisotopic (exact) mass is 183 g/mol. The predicted octanol–water partition coefficient (Wildman–Crippen LogP) is 2.16. The lowest BCUT2D eigenvalue weighted by Gasteiger charge is -2.09. The van der Waals surface area contributed by atoms with E-state index in [0.717, 1.165) is 12.8 Å². The quantitative estimate of drug-likeness (QED) is 0.344. The first-order valence-electron chi connectivity index (χ1n) is 4.16. The molecule has 0 aromatic heterocycles. The molecule has 0 radical (unpaired) electrons. The Morgan fingerprint density at radius 1 is 1.23 bits per heavy atom. The van der Waals surface area contributed by atoms with Gasteiger partial charge < -0.3 is 9.47 Å². The van der Waals surface area contributed by atoms with Crippen molar-refractivity contribution in [2.75, 3.05) is 14.2 Å². The summed E-state index contributed by atoms with van der Waals surface area (Å²) in [4.78, 5) is 3.59. The fraction of sp³-hybridized carbons (Fsp3) is 0.500. The molecule has 74 valence electrons. The van der Waals surface area contributed by atoms with Gasteiger partial charge in [-0.2, -0.15) is 0 Å². The Hall–Kier alpha value is -0.930. The third kappa shape index (κ3) is 7.43. The molecule has 0 bridgehead atoms. The van der Waals surface area contributed by atoms with Crippen molar-refractivity contribution in [2.45, 2.75) is 19.1 Å². The first-order valence-corrected chi connectivity index (χ1v) is 4.16. The maximum atomic E-state index is 5.01. The van der Waals surface area contributed by atoms with E-state index in [0.29, 0.717) is 0 Å². The van der Waals surface area contributed by atoms with E-state index in [2.05, 4.69) is 11.7 Å². The Labute approximate surface area is 79.8 Å². The fourth-order valence-corrected chi connectivity index (χ4v) is 0.806. The summed E-state index contributed by atoms with van der Waals surface area (Å²) in [6.07, 6.45) is 9.14. The van der Waals surface area contributed by atoms with Gasteiger partial charge in [-0.1, -0.05) is 18.2 Å². The number of methoxy groups -OCH3 is 2. The van der Waals surface area contributed by atoms with Crippen molar-refractivity contribution >= 4 is 6.72 Å². The van der Waals surface area contributed by atoms with E-state index in [-0.39, 0.29) is 6.29 Å². The molecule has 0 unspecified atom stereocenters. The first-order chi connectivity index (χ1) is 6.35. The van der Waals surface area contributed by atoms with Gasteiger partial charge in [0, 0.05) is 26.8 Å². The Bertz CT molecular complexity index is 172. The molecule has 0 aliphatic heterocycles. The summed E-state index contributed by atoms with van der Waals surface area (Å²) in [7, 11) is 3.26. The Balaban J connectivity index is 3.49. The molecule has 0 saturated heterocycles. The van der Waals surface area contributed by atoms with Crippen LogP contribution in [0.4, 0.5) is 0 Å². The zero-order valence-corrected chi connectivity index (χ0v) is 8.27. The molecule has 3 heteroatoms. The van der Waals surface area contributed by atoms with E-state index in [1.54, 1.807) is 20.4 Å². The van der Waals surface area contributed by atoms with Gasteiger partial charge in [0.2, 0.25) is 0 Å². The van der Waals surface area contributed by atoms with Gasteiger partial charge in [-0.15, -0.1) is 0 Å². The summed E-state index contributed by atoms with van der Waals surface area (Å²) in [5, 5.41) is 0. The van der Waals surface area contributed by atoms with Crippen molar-refractivity contribution in [1.29, 1.82) is 0 Å². The number of hydrogen-bond donors (Lipinski definition) is 0. The van der Waals surface area contributed by atoms with Crippen LogP contribution in [0, 0.1) is 0 Å². The largest absolute Gasteiger partial charge is 0.356 e. The third-order valence-electron chi connectivity index (χ3n) is 1.50. The Kier molecular flexibility index (Phi) is 8.51. The van der Waals surface area contributed by atoms with Crippen LogP contribution in [0.2, 0.25) is 0 Å². The lowest BCUT2D eigenvalue weighted by atomic mass is 10.3. The molecule has 3 nitrogen and oxygen atoms in total. The highest BCUT2D eigenvalue weighted by Gasteiger charge is 1.99. The van der Waals surface area contributed by atoms with Crippen LogP contribution in [-0.2, 0) is 9.47 Å². The van der Waals surface area contributed by atoms with Crippen LogP contribution < -0.4 is 0 Å². The van der Waals surface area contributed by atoms with Gasteiger partial charge in [-0.3, -0.25) is 4.99 Å². The van der Waals surface area contributed by atoms with Gasteiger partial charge in [-0.25, -0.2) is 0 Å². The van der Waals surface area contributed by atoms with Crippen LogP contribution >= 0.6 is 0 Å². The number of rotatable bonds is 7. The summed E-state index contributed by atoms with van der Waals surface area (Å²) in [5.41, 5.74) is 0. The van der Waals surface area contributed by atoms with Crippen molar-refractivity contribution in [2.24, 2.45) is 4.99 Å². The Morgan fingerprint density at radius 3 is 2.46 bits per heavy atom. The summed E-state index contributed by atoms with van der Waals surface area (Å²) in [5.74, 6) is 0. The zero-order valence-electron chi connectivity index (χ0n) is 8.27. The average molecular weight is 183 g/mol. The molecule has 13 heavy (non-hydrogen) atoms. The molecule has 0 heterocycles. The van der Waals surface area contributed by atoms with Crippen molar-refractivity contribution in [3.63, 3.8) is 0 Å². The van der Waals surface area contributed by atoms with Crippen LogP contribution in [-0.4, -0.2) is 27.2 Å². The standard InChI is InChI=1S/C10H17NO2/c1-11-9-7-5-4-6-8-10(12-2)13-3/h4,6-7,9-10H,1,5,8H2,2-3H3/b6-4-,9-7-. The minimum Gasteiger partial charge on any atom is -0.356 e. The minimum absolute atomic E-state index is 0.141. The zero-order chi connectivity index (χ0) is 9.94. The molecule has 0 N–H and O–H groups in total. The van der Waals surface area contributed by atoms with Crippen molar-refractivity contribution < 1.29 is 9.47 Å². The number of hydrogen-bond acceptors (Lipinski definition) is 3. The summed E-state index contributed by atoms with van der Waals surface area (Å²) < 4.78 is 10.0. The van der Waals surface area contributed by atoms with Crippen molar-refractivity contribution in [3.05, 3.63) is 24.4 Å². The van der Waals surface area contributed by atoms with Crippen LogP contribution in [0.25, 0.3) is 0 Å². The normalized spacial score (nSPS) is 11.9. The molecule has 0 amide bonds. The van der Waals surface area contributed by atoms with E-state index < -0.39 is 0 Å². The van der Waals surface area contributed by atoms with E-state index in [9.17, 15) is 0 Å². The molecule has 0 fully saturated rings. The van der Waals surface area contributed by atoms with E-state index in [1.807, 2.05) is 18.2 Å². The van der Waals surface area contributed by atoms with Crippen LogP contribution in [0.5, 0.6) is 0 Å². The van der Waals surface area contributed by atoms with Gasteiger partial charge in [0.15, 0.2) is 6.29 Å². The van der Waals surface area contributed by atoms with Crippen molar-refractivity contribution in [3.8, 4) is 0 Å². The number of allylic oxidation sites excluding steroid dienone is 2. The van der Waals surface area contributed by atoms with Crippen LogP contribution in [0.1, 0.15) is 12.8 Å². The first kappa shape index (κ1) is 12.1.